The van der Waals surface area contributed by atoms with Crippen molar-refractivity contribution in [1.29, 1.82) is 0 Å². The van der Waals surface area contributed by atoms with Gasteiger partial charge in [0, 0.05) is 31.1 Å². The zero-order chi connectivity index (χ0) is 16.1. The van der Waals surface area contributed by atoms with Gasteiger partial charge >= 0.3 is 0 Å². The van der Waals surface area contributed by atoms with E-state index in [9.17, 15) is 4.79 Å². The molecule has 0 aliphatic heterocycles. The largest absolute Gasteiger partial charge is 0.306 e. The first-order chi connectivity index (χ1) is 11.3. The summed E-state index contributed by atoms with van der Waals surface area (Å²) in [5.41, 5.74) is 6.34. The fourth-order valence-corrected chi connectivity index (χ4v) is 2.91. The first kappa shape index (κ1) is 15.4. The maximum Gasteiger partial charge on any atom is 0.267 e. The number of hydroxylamine groups is 1. The lowest BCUT2D eigenvalue weighted by Crippen LogP contribution is -2.18. The van der Waals surface area contributed by atoms with Gasteiger partial charge in [-0.1, -0.05) is 24.3 Å². The van der Waals surface area contributed by atoms with Gasteiger partial charge in [0.25, 0.3) is 5.91 Å². The highest BCUT2D eigenvalue weighted by Crippen LogP contribution is 2.32. The number of pyridine rings is 1. The van der Waals surface area contributed by atoms with E-state index in [0.29, 0.717) is 6.04 Å². The second-order valence-electron chi connectivity index (χ2n) is 5.60. The molecule has 3 rings (SSSR count). The summed E-state index contributed by atoms with van der Waals surface area (Å²) in [5.74, 6) is -0.526. The maximum atomic E-state index is 11.0. The second-order valence-corrected chi connectivity index (χ2v) is 5.60. The molecule has 1 amide bonds. The molecule has 0 bridgehead atoms. The number of hydrogen-bond donors (Lipinski definition) is 3. The van der Waals surface area contributed by atoms with E-state index in [1.807, 2.05) is 18.3 Å². The van der Waals surface area contributed by atoms with E-state index in [-0.39, 0.29) is 0 Å². The third kappa shape index (κ3) is 3.83. The Morgan fingerprint density at radius 1 is 1.39 bits per heavy atom. The summed E-state index contributed by atoms with van der Waals surface area (Å²) in [6.07, 6.45) is 8.76. The normalized spacial score (nSPS) is 16.5. The van der Waals surface area contributed by atoms with Crippen LogP contribution < -0.4 is 10.8 Å². The summed E-state index contributed by atoms with van der Waals surface area (Å²) in [6, 6.07) is 10.6. The molecule has 5 heteroatoms. The summed E-state index contributed by atoms with van der Waals surface area (Å²) >= 11 is 0. The molecule has 1 aromatic carbocycles. The molecule has 118 valence electrons. The standard InChI is InChI=1S/C18H19N3O2/c22-18(21-23)8-4-13-3-6-16-15(10-13)5-7-17(16)20-12-14-2-1-9-19-11-14/h1-4,6,8-11,17,20,23H,5,7,12H2,(H,21,22). The minimum atomic E-state index is -0.526. The first-order valence-electron chi connectivity index (χ1n) is 7.63. The fraction of sp³-hybridized carbons (Fsp3) is 0.222. The summed E-state index contributed by atoms with van der Waals surface area (Å²) in [5, 5.41) is 12.1. The van der Waals surface area contributed by atoms with Crippen LogP contribution in [0.4, 0.5) is 0 Å². The van der Waals surface area contributed by atoms with Crippen LogP contribution in [-0.2, 0) is 17.8 Å². The molecule has 1 atom stereocenters. The highest BCUT2D eigenvalue weighted by molar-refractivity contribution is 5.90. The zero-order valence-corrected chi connectivity index (χ0v) is 12.7. The Balaban J connectivity index is 1.66. The van der Waals surface area contributed by atoms with Gasteiger partial charge in [-0.25, -0.2) is 5.48 Å². The minimum absolute atomic E-state index is 0.351. The van der Waals surface area contributed by atoms with Crippen molar-refractivity contribution in [2.24, 2.45) is 0 Å². The van der Waals surface area contributed by atoms with Crippen LogP contribution in [-0.4, -0.2) is 16.1 Å². The van der Waals surface area contributed by atoms with E-state index in [4.69, 9.17) is 5.21 Å². The van der Waals surface area contributed by atoms with Crippen LogP contribution in [0.3, 0.4) is 0 Å². The number of benzene rings is 1. The van der Waals surface area contributed by atoms with Gasteiger partial charge in [0.05, 0.1) is 0 Å². The van der Waals surface area contributed by atoms with Gasteiger partial charge in [-0.15, -0.1) is 0 Å². The number of fused-ring (bicyclic) bond motifs is 1. The number of carbonyl (C=O) groups excluding carboxylic acids is 1. The zero-order valence-electron chi connectivity index (χ0n) is 12.7. The summed E-state index contributed by atoms with van der Waals surface area (Å²) < 4.78 is 0. The molecule has 1 aromatic heterocycles. The molecule has 3 N–H and O–H groups in total. The molecule has 0 saturated carbocycles. The van der Waals surface area contributed by atoms with E-state index in [1.54, 1.807) is 17.8 Å². The third-order valence-corrected chi connectivity index (χ3v) is 4.06. The third-order valence-electron chi connectivity index (χ3n) is 4.06. The number of rotatable bonds is 5. The lowest BCUT2D eigenvalue weighted by Gasteiger charge is -2.14. The average molecular weight is 309 g/mol. The molecule has 5 nitrogen and oxygen atoms in total. The molecule has 0 fully saturated rings. The van der Waals surface area contributed by atoms with Crippen LogP contribution in [0.2, 0.25) is 0 Å². The summed E-state index contributed by atoms with van der Waals surface area (Å²) in [7, 11) is 0. The number of carbonyl (C=O) groups is 1. The van der Waals surface area contributed by atoms with Gasteiger partial charge in [-0.05, 0) is 47.2 Å². The molecule has 0 saturated heterocycles. The van der Waals surface area contributed by atoms with Crippen molar-refractivity contribution in [2.75, 3.05) is 0 Å². The van der Waals surface area contributed by atoms with Crippen molar-refractivity contribution in [2.45, 2.75) is 25.4 Å². The number of nitrogens with zero attached hydrogens (tertiary/aromatic N) is 1. The fourth-order valence-electron chi connectivity index (χ4n) is 2.91. The van der Waals surface area contributed by atoms with E-state index in [2.05, 4.69) is 28.5 Å². The average Bonchev–Trinajstić information content (AvgIpc) is 3.01. The molecule has 23 heavy (non-hydrogen) atoms. The van der Waals surface area contributed by atoms with Gasteiger partial charge < -0.3 is 5.32 Å². The van der Waals surface area contributed by atoms with Gasteiger partial charge in [-0.3, -0.25) is 15.0 Å². The predicted octanol–water partition coefficient (Wildman–Crippen LogP) is 2.38. The van der Waals surface area contributed by atoms with Crippen LogP contribution in [0.5, 0.6) is 0 Å². The minimum Gasteiger partial charge on any atom is -0.306 e. The predicted molar refractivity (Wildman–Crippen MR) is 87.5 cm³/mol. The molecule has 1 aliphatic carbocycles. The Bertz CT molecular complexity index is 713. The van der Waals surface area contributed by atoms with Crippen molar-refractivity contribution in [3.05, 3.63) is 71.1 Å². The Morgan fingerprint density at radius 3 is 3.09 bits per heavy atom. The number of aryl methyl sites for hydroxylation is 1. The molecule has 0 spiro atoms. The molecule has 2 aromatic rings. The number of nitrogens with one attached hydrogen (secondary N) is 2. The molecular formula is C18H19N3O2. The highest BCUT2D eigenvalue weighted by Gasteiger charge is 2.21. The van der Waals surface area contributed by atoms with Crippen molar-refractivity contribution >= 4 is 12.0 Å². The van der Waals surface area contributed by atoms with E-state index < -0.39 is 5.91 Å². The number of aromatic nitrogens is 1. The van der Waals surface area contributed by atoms with Crippen LogP contribution in [0, 0.1) is 0 Å². The van der Waals surface area contributed by atoms with E-state index in [1.165, 1.54) is 22.8 Å². The Kier molecular flexibility index (Phi) is 4.80. The Morgan fingerprint density at radius 2 is 2.30 bits per heavy atom. The van der Waals surface area contributed by atoms with E-state index in [0.717, 1.165) is 24.9 Å². The lowest BCUT2D eigenvalue weighted by atomic mass is 10.0. The monoisotopic (exact) mass is 309 g/mol. The summed E-state index contributed by atoms with van der Waals surface area (Å²) in [4.78, 5) is 15.2. The summed E-state index contributed by atoms with van der Waals surface area (Å²) in [6.45, 7) is 0.802. The van der Waals surface area contributed by atoms with Crippen molar-refractivity contribution in [3.63, 3.8) is 0 Å². The Labute approximate surface area is 135 Å². The number of amides is 1. The lowest BCUT2D eigenvalue weighted by molar-refractivity contribution is -0.124. The van der Waals surface area contributed by atoms with Crippen LogP contribution >= 0.6 is 0 Å². The first-order valence-corrected chi connectivity index (χ1v) is 7.63. The Hall–Kier alpha value is -2.50. The van der Waals surface area contributed by atoms with Gasteiger partial charge in [0.1, 0.15) is 0 Å². The van der Waals surface area contributed by atoms with Crippen molar-refractivity contribution < 1.29 is 10.0 Å². The van der Waals surface area contributed by atoms with Crippen molar-refractivity contribution in [3.8, 4) is 0 Å². The van der Waals surface area contributed by atoms with Gasteiger partial charge in [-0.2, -0.15) is 0 Å². The van der Waals surface area contributed by atoms with E-state index >= 15 is 0 Å². The topological polar surface area (TPSA) is 74.2 Å². The molecule has 1 heterocycles. The van der Waals surface area contributed by atoms with Crippen molar-refractivity contribution in [1.82, 2.24) is 15.8 Å². The smallest absolute Gasteiger partial charge is 0.267 e. The molecule has 1 unspecified atom stereocenters. The molecular weight excluding hydrogens is 290 g/mol. The number of hydrogen-bond acceptors (Lipinski definition) is 4. The highest BCUT2D eigenvalue weighted by atomic mass is 16.5. The van der Waals surface area contributed by atoms with Gasteiger partial charge in [0.15, 0.2) is 0 Å². The molecule has 1 aliphatic rings. The van der Waals surface area contributed by atoms with Gasteiger partial charge in [0.2, 0.25) is 0 Å². The SMILES string of the molecule is O=C(C=Cc1ccc2c(c1)CCC2NCc1cccnc1)NO. The van der Waals surface area contributed by atoms with Crippen LogP contribution in [0.15, 0.2) is 48.8 Å². The van der Waals surface area contributed by atoms with Crippen LogP contribution in [0.1, 0.15) is 34.7 Å². The second kappa shape index (κ2) is 7.17. The molecule has 0 radical (unpaired) electrons. The maximum absolute atomic E-state index is 11.0. The quantitative estimate of drug-likeness (QED) is 0.450. The van der Waals surface area contributed by atoms with Crippen LogP contribution in [0.25, 0.3) is 6.08 Å².